The van der Waals surface area contributed by atoms with Gasteiger partial charge in [0, 0.05) is 0 Å². The summed E-state index contributed by atoms with van der Waals surface area (Å²) >= 11 is 0. The molecule has 88 valence electrons. The van der Waals surface area contributed by atoms with Crippen molar-refractivity contribution >= 4 is 0 Å². The van der Waals surface area contributed by atoms with Crippen molar-refractivity contribution in [2.45, 2.75) is 33.6 Å². The Morgan fingerprint density at radius 3 is 2.53 bits per heavy atom. The van der Waals surface area contributed by atoms with E-state index in [2.05, 4.69) is 63.2 Å². The van der Waals surface area contributed by atoms with Gasteiger partial charge in [-0.05, 0) is 42.5 Å². The lowest BCUT2D eigenvalue weighted by atomic mass is 9.96. The number of benzene rings is 2. The molecule has 0 aliphatic rings. The average Bonchev–Trinajstić information content (AvgIpc) is 2.33. The minimum absolute atomic E-state index is 1.17. The first-order chi connectivity index (χ1) is 8.20. The zero-order valence-corrected chi connectivity index (χ0v) is 11.0. The molecule has 0 fully saturated rings. The average molecular weight is 224 g/mol. The fraction of sp³-hybridized carbons (Fsp3) is 0.294. The Labute approximate surface area is 104 Å². The molecule has 0 saturated carbocycles. The van der Waals surface area contributed by atoms with E-state index in [1.54, 1.807) is 0 Å². The summed E-state index contributed by atoms with van der Waals surface area (Å²) in [5.74, 6) is 0. The maximum absolute atomic E-state index is 2.32. The smallest absolute Gasteiger partial charge is 0.0152 e. The van der Waals surface area contributed by atoms with E-state index in [0.29, 0.717) is 0 Å². The summed E-state index contributed by atoms with van der Waals surface area (Å²) in [5, 5.41) is 0. The Hall–Kier alpha value is -1.56. The minimum Gasteiger partial charge on any atom is -0.0651 e. The maximum Gasteiger partial charge on any atom is -0.0152 e. The second kappa shape index (κ2) is 5.18. The third-order valence-electron chi connectivity index (χ3n) is 3.17. The monoisotopic (exact) mass is 224 g/mol. The SMILES string of the molecule is CCCc1cccc(-c2cc(C)ccc2C)c1. The van der Waals surface area contributed by atoms with E-state index in [4.69, 9.17) is 0 Å². The quantitative estimate of drug-likeness (QED) is 0.694. The Bertz CT molecular complexity index is 509. The molecule has 0 unspecified atom stereocenters. The topological polar surface area (TPSA) is 0 Å². The minimum atomic E-state index is 1.17. The van der Waals surface area contributed by atoms with Gasteiger partial charge in [-0.2, -0.15) is 0 Å². The van der Waals surface area contributed by atoms with Gasteiger partial charge in [0.1, 0.15) is 0 Å². The molecule has 17 heavy (non-hydrogen) atoms. The molecule has 0 N–H and O–H groups in total. The number of hydrogen-bond donors (Lipinski definition) is 0. The van der Waals surface area contributed by atoms with Crippen LogP contribution in [0.5, 0.6) is 0 Å². The standard InChI is InChI=1S/C17H20/c1-4-6-15-7-5-8-16(12-15)17-11-13(2)9-10-14(17)3/h5,7-12H,4,6H2,1-3H3. The zero-order valence-electron chi connectivity index (χ0n) is 11.0. The normalized spacial score (nSPS) is 10.5. The predicted octanol–water partition coefficient (Wildman–Crippen LogP) is 4.92. The molecule has 0 saturated heterocycles. The molecule has 0 radical (unpaired) electrons. The van der Waals surface area contributed by atoms with Gasteiger partial charge in [0.15, 0.2) is 0 Å². The van der Waals surface area contributed by atoms with Crippen LogP contribution in [0.3, 0.4) is 0 Å². The van der Waals surface area contributed by atoms with Crippen molar-refractivity contribution in [3.63, 3.8) is 0 Å². The first kappa shape index (κ1) is 11.9. The maximum atomic E-state index is 2.32. The van der Waals surface area contributed by atoms with Crippen LogP contribution in [0.15, 0.2) is 42.5 Å². The summed E-state index contributed by atoms with van der Waals surface area (Å²) in [5.41, 5.74) is 6.82. The molecule has 2 aromatic carbocycles. The van der Waals surface area contributed by atoms with Gasteiger partial charge in [0.2, 0.25) is 0 Å². The lowest BCUT2D eigenvalue weighted by Gasteiger charge is -2.09. The van der Waals surface area contributed by atoms with Crippen LogP contribution in [0.4, 0.5) is 0 Å². The van der Waals surface area contributed by atoms with E-state index in [0.717, 1.165) is 0 Å². The lowest BCUT2D eigenvalue weighted by molar-refractivity contribution is 0.922. The molecule has 0 atom stereocenters. The number of rotatable bonds is 3. The van der Waals surface area contributed by atoms with E-state index < -0.39 is 0 Å². The van der Waals surface area contributed by atoms with Gasteiger partial charge in [-0.1, -0.05) is 61.4 Å². The summed E-state index contributed by atoms with van der Waals surface area (Å²) in [7, 11) is 0. The molecule has 0 aliphatic heterocycles. The largest absolute Gasteiger partial charge is 0.0651 e. The molecule has 0 aliphatic carbocycles. The predicted molar refractivity (Wildman–Crippen MR) is 75.3 cm³/mol. The summed E-state index contributed by atoms with van der Waals surface area (Å²) in [6.45, 7) is 6.56. The van der Waals surface area contributed by atoms with E-state index in [1.807, 2.05) is 0 Å². The highest BCUT2D eigenvalue weighted by Crippen LogP contribution is 2.25. The van der Waals surface area contributed by atoms with E-state index in [-0.39, 0.29) is 0 Å². The Balaban J connectivity index is 2.45. The van der Waals surface area contributed by atoms with E-state index in [1.165, 1.54) is 40.7 Å². The van der Waals surface area contributed by atoms with E-state index >= 15 is 0 Å². The van der Waals surface area contributed by atoms with Crippen LogP contribution >= 0.6 is 0 Å². The van der Waals surface area contributed by atoms with Crippen LogP contribution in [0.1, 0.15) is 30.0 Å². The highest BCUT2D eigenvalue weighted by molar-refractivity contribution is 5.68. The van der Waals surface area contributed by atoms with Crippen molar-refractivity contribution in [2.24, 2.45) is 0 Å². The summed E-state index contributed by atoms with van der Waals surface area (Å²) in [4.78, 5) is 0. The highest BCUT2D eigenvalue weighted by atomic mass is 14.1. The van der Waals surface area contributed by atoms with Gasteiger partial charge in [-0.25, -0.2) is 0 Å². The van der Waals surface area contributed by atoms with Crippen molar-refractivity contribution in [3.8, 4) is 11.1 Å². The first-order valence-electron chi connectivity index (χ1n) is 6.37. The molecule has 0 aromatic heterocycles. The van der Waals surface area contributed by atoms with Gasteiger partial charge in [0.05, 0.1) is 0 Å². The summed E-state index contributed by atoms with van der Waals surface area (Å²) in [6.07, 6.45) is 2.37. The molecule has 0 spiro atoms. The molecular formula is C17H20. The molecule has 0 heterocycles. The third-order valence-corrected chi connectivity index (χ3v) is 3.17. The zero-order chi connectivity index (χ0) is 12.3. The highest BCUT2D eigenvalue weighted by Gasteiger charge is 2.03. The summed E-state index contributed by atoms with van der Waals surface area (Å²) in [6, 6.07) is 15.6. The molecule has 0 bridgehead atoms. The first-order valence-corrected chi connectivity index (χ1v) is 6.37. The van der Waals surface area contributed by atoms with Crippen LogP contribution in [-0.4, -0.2) is 0 Å². The van der Waals surface area contributed by atoms with Gasteiger partial charge >= 0.3 is 0 Å². The van der Waals surface area contributed by atoms with Crippen molar-refractivity contribution in [3.05, 3.63) is 59.2 Å². The second-order valence-corrected chi connectivity index (χ2v) is 4.77. The Morgan fingerprint density at radius 2 is 1.76 bits per heavy atom. The number of hydrogen-bond acceptors (Lipinski definition) is 0. The van der Waals surface area contributed by atoms with Gasteiger partial charge in [0.25, 0.3) is 0 Å². The fourth-order valence-corrected chi connectivity index (χ4v) is 2.23. The van der Waals surface area contributed by atoms with Gasteiger partial charge < -0.3 is 0 Å². The molecule has 0 heteroatoms. The molecule has 2 aromatic rings. The van der Waals surface area contributed by atoms with E-state index in [9.17, 15) is 0 Å². The van der Waals surface area contributed by atoms with Crippen molar-refractivity contribution in [1.82, 2.24) is 0 Å². The van der Waals surface area contributed by atoms with Crippen molar-refractivity contribution in [2.75, 3.05) is 0 Å². The van der Waals surface area contributed by atoms with Gasteiger partial charge in [-0.3, -0.25) is 0 Å². The molecule has 0 nitrogen and oxygen atoms in total. The Kier molecular flexibility index (Phi) is 3.63. The van der Waals surface area contributed by atoms with Crippen LogP contribution in [0.25, 0.3) is 11.1 Å². The van der Waals surface area contributed by atoms with Crippen LogP contribution in [-0.2, 0) is 6.42 Å². The number of aryl methyl sites for hydroxylation is 3. The molecule has 2 rings (SSSR count). The van der Waals surface area contributed by atoms with Crippen LogP contribution < -0.4 is 0 Å². The Morgan fingerprint density at radius 1 is 0.941 bits per heavy atom. The van der Waals surface area contributed by atoms with Crippen molar-refractivity contribution in [1.29, 1.82) is 0 Å². The van der Waals surface area contributed by atoms with Gasteiger partial charge in [-0.15, -0.1) is 0 Å². The molecule has 0 amide bonds. The van der Waals surface area contributed by atoms with Crippen LogP contribution in [0.2, 0.25) is 0 Å². The fourth-order valence-electron chi connectivity index (χ4n) is 2.23. The van der Waals surface area contributed by atoms with Crippen LogP contribution in [0, 0.1) is 13.8 Å². The summed E-state index contributed by atoms with van der Waals surface area (Å²) < 4.78 is 0. The third kappa shape index (κ3) is 2.76. The second-order valence-electron chi connectivity index (χ2n) is 4.77. The molecular weight excluding hydrogens is 204 g/mol. The lowest BCUT2D eigenvalue weighted by Crippen LogP contribution is -1.88. The van der Waals surface area contributed by atoms with Crippen molar-refractivity contribution < 1.29 is 0 Å².